The number of carbonyl (C=O) groups excluding carboxylic acids is 1. The van der Waals surface area contributed by atoms with E-state index in [9.17, 15) is 4.79 Å². The van der Waals surface area contributed by atoms with Gasteiger partial charge in [-0.3, -0.25) is 14.5 Å². The zero-order valence-electron chi connectivity index (χ0n) is 12.8. The van der Waals surface area contributed by atoms with Crippen LogP contribution in [0.1, 0.15) is 6.92 Å². The molecule has 8 heteroatoms. The zero-order chi connectivity index (χ0) is 16.7. The van der Waals surface area contributed by atoms with Gasteiger partial charge in [0, 0.05) is 36.5 Å². The Morgan fingerprint density at radius 3 is 2.79 bits per heavy atom. The lowest BCUT2D eigenvalue weighted by Crippen LogP contribution is -2.09. The molecule has 0 aliphatic carbocycles. The van der Waals surface area contributed by atoms with Crippen LogP contribution in [0.5, 0.6) is 0 Å². The van der Waals surface area contributed by atoms with Gasteiger partial charge in [-0.2, -0.15) is 0 Å². The van der Waals surface area contributed by atoms with Gasteiger partial charge >= 0.3 is 0 Å². The molecule has 0 saturated carbocycles. The van der Waals surface area contributed by atoms with Crippen molar-refractivity contribution in [2.75, 3.05) is 11.1 Å². The van der Waals surface area contributed by atoms with E-state index < -0.39 is 0 Å². The highest BCUT2D eigenvalue weighted by Crippen LogP contribution is 2.34. The number of amides is 1. The molecule has 4 heterocycles. The van der Waals surface area contributed by atoms with Crippen molar-refractivity contribution in [1.82, 2.24) is 24.3 Å². The Morgan fingerprint density at radius 1 is 1.12 bits per heavy atom. The maximum atomic E-state index is 11.3. The first kappa shape index (κ1) is 14.1. The molecule has 1 amide bonds. The number of hydrogen-bond acceptors (Lipinski definition) is 6. The Balaban J connectivity index is 2.06. The number of carbonyl (C=O) groups is 1. The summed E-state index contributed by atoms with van der Waals surface area (Å²) in [7, 11) is 0. The van der Waals surface area contributed by atoms with Gasteiger partial charge in [-0.25, -0.2) is 19.9 Å². The average molecular weight is 319 g/mol. The molecule has 3 N–H and O–H groups in total. The molecule has 0 fully saturated rings. The van der Waals surface area contributed by atoms with Crippen LogP contribution < -0.4 is 11.1 Å². The molecule has 0 spiro atoms. The van der Waals surface area contributed by atoms with Crippen LogP contribution in [0.25, 0.3) is 27.8 Å². The minimum Gasteiger partial charge on any atom is -0.369 e. The van der Waals surface area contributed by atoms with Gasteiger partial charge in [-0.1, -0.05) is 0 Å². The molecular formula is C16H13N7O. The minimum absolute atomic E-state index is 0.228. The average Bonchev–Trinajstić information content (AvgIpc) is 2.90. The van der Waals surface area contributed by atoms with Crippen LogP contribution in [0.2, 0.25) is 0 Å². The molecule has 24 heavy (non-hydrogen) atoms. The van der Waals surface area contributed by atoms with Gasteiger partial charge < -0.3 is 5.73 Å². The predicted molar refractivity (Wildman–Crippen MR) is 90.2 cm³/mol. The fraction of sp³-hybridized carbons (Fsp3) is 0.0625. The number of rotatable bonds is 2. The number of nitrogens with zero attached hydrogens (tertiary/aromatic N) is 5. The van der Waals surface area contributed by atoms with E-state index in [-0.39, 0.29) is 11.9 Å². The number of nitrogens with two attached hydrogens (primary N) is 1. The second-order valence-corrected chi connectivity index (χ2v) is 5.22. The second-order valence-electron chi connectivity index (χ2n) is 5.22. The summed E-state index contributed by atoms with van der Waals surface area (Å²) in [6, 6.07) is 7.44. The van der Waals surface area contributed by atoms with Crippen LogP contribution >= 0.6 is 0 Å². The number of nitrogen functional groups attached to an aromatic ring is 1. The predicted octanol–water partition coefficient (Wildman–Crippen LogP) is 1.88. The third-order valence-corrected chi connectivity index (χ3v) is 3.63. The fourth-order valence-electron chi connectivity index (χ4n) is 2.75. The van der Waals surface area contributed by atoms with E-state index in [0.717, 1.165) is 16.5 Å². The van der Waals surface area contributed by atoms with Crippen LogP contribution in [-0.4, -0.2) is 30.2 Å². The number of anilines is 2. The van der Waals surface area contributed by atoms with E-state index in [2.05, 4.69) is 25.3 Å². The molecule has 0 unspecified atom stereocenters. The summed E-state index contributed by atoms with van der Waals surface area (Å²) in [5.41, 5.74) is 9.10. The number of fused-ring (bicyclic) bond motifs is 3. The lowest BCUT2D eigenvalue weighted by Gasteiger charge is -2.04. The molecular weight excluding hydrogens is 306 g/mol. The first-order valence-corrected chi connectivity index (χ1v) is 7.26. The highest BCUT2D eigenvalue weighted by molar-refractivity contribution is 6.04. The van der Waals surface area contributed by atoms with Crippen molar-refractivity contribution >= 4 is 34.4 Å². The quantitative estimate of drug-likeness (QED) is 0.583. The van der Waals surface area contributed by atoms with Crippen LogP contribution in [0.3, 0.4) is 0 Å². The second kappa shape index (κ2) is 5.27. The highest BCUT2D eigenvalue weighted by Gasteiger charge is 2.17. The monoisotopic (exact) mass is 319 g/mol. The Kier molecular flexibility index (Phi) is 3.09. The van der Waals surface area contributed by atoms with Crippen molar-refractivity contribution in [1.29, 1.82) is 0 Å². The standard InChI is InChI=1S/C16H13N7O/c1-9(24)21-16-20-7-4-11(22-16)13-10-3-2-6-18-14(10)23-12(13)5-8-19-15(23)17/h2-8H,1H3,(H2,17,19)(H,20,21,22,24). The van der Waals surface area contributed by atoms with Crippen LogP contribution in [0.15, 0.2) is 42.9 Å². The molecule has 0 radical (unpaired) electrons. The third-order valence-electron chi connectivity index (χ3n) is 3.63. The Bertz CT molecular complexity index is 1090. The molecule has 4 aromatic rings. The molecule has 0 saturated heterocycles. The summed E-state index contributed by atoms with van der Waals surface area (Å²) < 4.78 is 1.78. The smallest absolute Gasteiger partial charge is 0.229 e. The zero-order valence-corrected chi connectivity index (χ0v) is 12.8. The molecule has 0 aliphatic rings. The van der Waals surface area contributed by atoms with E-state index in [4.69, 9.17) is 5.73 Å². The van der Waals surface area contributed by atoms with Crippen molar-refractivity contribution in [2.24, 2.45) is 0 Å². The molecule has 4 aromatic heterocycles. The highest BCUT2D eigenvalue weighted by atomic mass is 16.1. The van der Waals surface area contributed by atoms with E-state index in [1.165, 1.54) is 6.92 Å². The lowest BCUT2D eigenvalue weighted by atomic mass is 10.1. The van der Waals surface area contributed by atoms with E-state index in [0.29, 0.717) is 17.3 Å². The lowest BCUT2D eigenvalue weighted by molar-refractivity contribution is -0.114. The summed E-state index contributed by atoms with van der Waals surface area (Å²) >= 11 is 0. The molecule has 0 atom stereocenters. The normalized spacial score (nSPS) is 11.0. The van der Waals surface area contributed by atoms with Gasteiger partial charge in [0.1, 0.15) is 5.65 Å². The Labute approximate surface area is 136 Å². The summed E-state index contributed by atoms with van der Waals surface area (Å²) in [5.74, 6) is 0.367. The molecule has 0 bridgehead atoms. The summed E-state index contributed by atoms with van der Waals surface area (Å²) in [6.45, 7) is 1.41. The largest absolute Gasteiger partial charge is 0.369 e. The van der Waals surface area contributed by atoms with E-state index >= 15 is 0 Å². The summed E-state index contributed by atoms with van der Waals surface area (Å²) in [6.07, 6.45) is 4.94. The molecule has 0 aliphatic heterocycles. The van der Waals surface area contributed by atoms with Crippen LogP contribution in [-0.2, 0) is 4.79 Å². The van der Waals surface area contributed by atoms with Gasteiger partial charge in [-0.15, -0.1) is 0 Å². The number of nitrogens with one attached hydrogen (secondary N) is 1. The Hall–Kier alpha value is -3.55. The number of aromatic nitrogens is 5. The van der Waals surface area contributed by atoms with Crippen molar-refractivity contribution < 1.29 is 4.79 Å². The first-order chi connectivity index (χ1) is 11.6. The third kappa shape index (κ3) is 2.12. The SMILES string of the molecule is CC(=O)Nc1nccc(-c2c3cccnc3n3c(N)nccc23)n1. The number of pyridine rings is 1. The van der Waals surface area contributed by atoms with Gasteiger partial charge in [0.2, 0.25) is 17.8 Å². The number of hydrogen-bond donors (Lipinski definition) is 2. The topological polar surface area (TPSA) is 111 Å². The molecule has 0 aromatic carbocycles. The maximum absolute atomic E-state index is 11.3. The van der Waals surface area contributed by atoms with Gasteiger partial charge in [0.05, 0.1) is 11.2 Å². The van der Waals surface area contributed by atoms with Crippen molar-refractivity contribution in [3.63, 3.8) is 0 Å². The van der Waals surface area contributed by atoms with Crippen molar-refractivity contribution in [2.45, 2.75) is 6.92 Å². The van der Waals surface area contributed by atoms with Gasteiger partial charge in [-0.05, 0) is 24.3 Å². The fourth-order valence-corrected chi connectivity index (χ4v) is 2.75. The van der Waals surface area contributed by atoms with Gasteiger partial charge in [0.25, 0.3) is 0 Å². The Morgan fingerprint density at radius 2 is 1.96 bits per heavy atom. The summed E-state index contributed by atoms with van der Waals surface area (Å²) in [5, 5.41) is 3.49. The minimum atomic E-state index is -0.228. The molecule has 4 rings (SSSR count). The summed E-state index contributed by atoms with van der Waals surface area (Å²) in [4.78, 5) is 28.3. The van der Waals surface area contributed by atoms with Gasteiger partial charge in [0.15, 0.2) is 0 Å². The van der Waals surface area contributed by atoms with Crippen molar-refractivity contribution in [3.8, 4) is 11.3 Å². The van der Waals surface area contributed by atoms with Crippen molar-refractivity contribution in [3.05, 3.63) is 42.9 Å². The maximum Gasteiger partial charge on any atom is 0.229 e. The molecule has 118 valence electrons. The first-order valence-electron chi connectivity index (χ1n) is 7.26. The van der Waals surface area contributed by atoms with E-state index in [1.54, 1.807) is 29.1 Å². The van der Waals surface area contributed by atoms with E-state index in [1.807, 2.05) is 18.2 Å². The molecule has 8 nitrogen and oxygen atoms in total. The van der Waals surface area contributed by atoms with Crippen LogP contribution in [0, 0.1) is 0 Å². The van der Waals surface area contributed by atoms with Crippen LogP contribution in [0.4, 0.5) is 11.9 Å².